The Morgan fingerprint density at radius 1 is 1.33 bits per heavy atom. The minimum absolute atomic E-state index is 0.178. The summed E-state index contributed by atoms with van der Waals surface area (Å²) in [6, 6.07) is 9.30. The molecule has 0 bridgehead atoms. The molecule has 1 heterocycles. The summed E-state index contributed by atoms with van der Waals surface area (Å²) >= 11 is 0. The van der Waals surface area contributed by atoms with Gasteiger partial charge in [0.1, 0.15) is 12.7 Å². The van der Waals surface area contributed by atoms with Crippen molar-refractivity contribution in [3.63, 3.8) is 0 Å². The lowest BCUT2D eigenvalue weighted by Crippen LogP contribution is -2.46. The molecule has 1 fully saturated rings. The first-order chi connectivity index (χ1) is 11.4. The van der Waals surface area contributed by atoms with Crippen LogP contribution in [0.25, 0.3) is 0 Å². The number of nitrogens with zero attached hydrogens (tertiary/aromatic N) is 1. The van der Waals surface area contributed by atoms with Crippen LogP contribution in [0.15, 0.2) is 30.3 Å². The summed E-state index contributed by atoms with van der Waals surface area (Å²) in [4.78, 5) is 37.2. The third kappa shape index (κ3) is 4.13. The van der Waals surface area contributed by atoms with E-state index in [9.17, 15) is 14.4 Å². The van der Waals surface area contributed by atoms with E-state index in [0.29, 0.717) is 12.8 Å². The molecule has 0 aliphatic carbocycles. The van der Waals surface area contributed by atoms with Crippen molar-refractivity contribution in [1.82, 2.24) is 4.90 Å². The van der Waals surface area contributed by atoms with Gasteiger partial charge in [0.25, 0.3) is 0 Å². The van der Waals surface area contributed by atoms with Crippen LogP contribution in [0.1, 0.15) is 32.8 Å². The van der Waals surface area contributed by atoms with Crippen LogP contribution in [-0.4, -0.2) is 41.6 Å². The molecule has 1 aromatic carbocycles. The largest absolute Gasteiger partial charge is 0.462 e. The SMILES string of the molecule is CC[C@H](C(=O)N1C(=O)OC[C@@H]1Cc1ccccc1)[C@@H](C)OC(C)=O. The third-order valence-corrected chi connectivity index (χ3v) is 4.19. The van der Waals surface area contributed by atoms with Gasteiger partial charge in [0.15, 0.2) is 0 Å². The highest BCUT2D eigenvalue weighted by Crippen LogP contribution is 2.23. The van der Waals surface area contributed by atoms with Gasteiger partial charge in [-0.15, -0.1) is 0 Å². The van der Waals surface area contributed by atoms with Gasteiger partial charge in [-0.05, 0) is 25.3 Å². The minimum Gasteiger partial charge on any atom is -0.462 e. The average molecular weight is 333 g/mol. The van der Waals surface area contributed by atoms with Crippen molar-refractivity contribution < 1.29 is 23.9 Å². The second-order valence-electron chi connectivity index (χ2n) is 5.96. The van der Waals surface area contributed by atoms with Gasteiger partial charge in [0.2, 0.25) is 5.91 Å². The van der Waals surface area contributed by atoms with E-state index >= 15 is 0 Å². The highest BCUT2D eigenvalue weighted by Gasteiger charge is 2.42. The maximum atomic E-state index is 12.8. The van der Waals surface area contributed by atoms with Gasteiger partial charge in [-0.1, -0.05) is 37.3 Å². The van der Waals surface area contributed by atoms with Crippen LogP contribution < -0.4 is 0 Å². The van der Waals surface area contributed by atoms with E-state index in [1.165, 1.54) is 11.8 Å². The highest BCUT2D eigenvalue weighted by atomic mass is 16.6. The first kappa shape index (κ1) is 18.0. The quantitative estimate of drug-likeness (QED) is 0.748. The molecule has 3 atom stereocenters. The molecule has 2 rings (SSSR count). The number of cyclic esters (lactones) is 1. The summed E-state index contributed by atoms with van der Waals surface area (Å²) in [5, 5.41) is 0. The summed E-state index contributed by atoms with van der Waals surface area (Å²) in [6.45, 7) is 4.98. The lowest BCUT2D eigenvalue weighted by atomic mass is 9.97. The van der Waals surface area contributed by atoms with Crippen molar-refractivity contribution in [3.8, 4) is 0 Å². The first-order valence-electron chi connectivity index (χ1n) is 8.15. The number of esters is 1. The number of carbonyl (C=O) groups excluding carboxylic acids is 3. The topological polar surface area (TPSA) is 72.9 Å². The Labute approximate surface area is 141 Å². The fourth-order valence-corrected chi connectivity index (χ4v) is 3.00. The molecule has 6 heteroatoms. The lowest BCUT2D eigenvalue weighted by molar-refractivity contribution is -0.152. The fraction of sp³-hybridized carbons (Fsp3) is 0.500. The molecule has 1 aromatic rings. The predicted octanol–water partition coefficient (Wildman–Crippen LogP) is 2.55. The van der Waals surface area contributed by atoms with E-state index < -0.39 is 24.1 Å². The second kappa shape index (κ2) is 7.95. The Bertz CT molecular complexity index is 601. The van der Waals surface area contributed by atoms with Gasteiger partial charge in [0.05, 0.1) is 12.0 Å². The molecule has 0 unspecified atom stereocenters. The molecule has 1 aliphatic heterocycles. The van der Waals surface area contributed by atoms with E-state index in [0.717, 1.165) is 5.56 Å². The standard InChI is InChI=1S/C18H23NO5/c1-4-16(12(2)24-13(3)20)17(21)19-15(11-23-18(19)22)10-14-8-6-5-7-9-14/h5-9,12,15-16H,4,10-11H2,1-3H3/t12-,15+,16+/m1/s1. The number of rotatable bonds is 6. The van der Waals surface area contributed by atoms with Gasteiger partial charge in [-0.2, -0.15) is 0 Å². The van der Waals surface area contributed by atoms with E-state index in [1.54, 1.807) is 6.92 Å². The van der Waals surface area contributed by atoms with Crippen molar-refractivity contribution in [2.24, 2.45) is 5.92 Å². The van der Waals surface area contributed by atoms with Crippen molar-refractivity contribution in [2.75, 3.05) is 6.61 Å². The third-order valence-electron chi connectivity index (χ3n) is 4.19. The molecule has 0 saturated carbocycles. The molecular formula is C18H23NO5. The molecular weight excluding hydrogens is 310 g/mol. The Balaban J connectivity index is 2.14. The van der Waals surface area contributed by atoms with Gasteiger partial charge >= 0.3 is 12.1 Å². The van der Waals surface area contributed by atoms with Crippen molar-refractivity contribution in [1.29, 1.82) is 0 Å². The summed E-state index contributed by atoms with van der Waals surface area (Å²) in [5.74, 6) is -1.37. The zero-order chi connectivity index (χ0) is 17.7. The monoisotopic (exact) mass is 333 g/mol. The number of hydrogen-bond acceptors (Lipinski definition) is 5. The van der Waals surface area contributed by atoms with Crippen LogP contribution in [0.2, 0.25) is 0 Å². The van der Waals surface area contributed by atoms with Crippen LogP contribution >= 0.6 is 0 Å². The van der Waals surface area contributed by atoms with Gasteiger partial charge in [0, 0.05) is 6.92 Å². The van der Waals surface area contributed by atoms with Gasteiger partial charge < -0.3 is 9.47 Å². The second-order valence-corrected chi connectivity index (χ2v) is 5.96. The number of hydrogen-bond donors (Lipinski definition) is 0. The van der Waals surface area contributed by atoms with Crippen LogP contribution in [0.5, 0.6) is 0 Å². The predicted molar refractivity (Wildman–Crippen MR) is 87.1 cm³/mol. The number of imide groups is 1. The smallest absolute Gasteiger partial charge is 0.416 e. The maximum absolute atomic E-state index is 12.8. The number of benzene rings is 1. The molecule has 24 heavy (non-hydrogen) atoms. The van der Waals surface area contributed by atoms with Crippen LogP contribution in [0, 0.1) is 5.92 Å². The van der Waals surface area contributed by atoms with E-state index in [4.69, 9.17) is 9.47 Å². The Morgan fingerprint density at radius 2 is 2.00 bits per heavy atom. The normalized spacial score (nSPS) is 19.5. The molecule has 6 nitrogen and oxygen atoms in total. The Hall–Kier alpha value is -2.37. The summed E-state index contributed by atoms with van der Waals surface area (Å²) in [5.41, 5.74) is 1.03. The lowest BCUT2D eigenvalue weighted by Gasteiger charge is -2.27. The maximum Gasteiger partial charge on any atom is 0.416 e. The molecule has 1 saturated heterocycles. The minimum atomic E-state index is -0.630. The highest BCUT2D eigenvalue weighted by molar-refractivity contribution is 5.95. The zero-order valence-electron chi connectivity index (χ0n) is 14.2. The average Bonchev–Trinajstić information content (AvgIpc) is 2.88. The molecule has 2 amide bonds. The molecule has 0 radical (unpaired) electrons. The molecule has 0 N–H and O–H groups in total. The zero-order valence-corrected chi connectivity index (χ0v) is 14.2. The van der Waals surface area contributed by atoms with Gasteiger partial charge in [-0.25, -0.2) is 9.69 Å². The fourth-order valence-electron chi connectivity index (χ4n) is 3.00. The number of ether oxygens (including phenoxy) is 2. The Kier molecular flexibility index (Phi) is 5.95. The Morgan fingerprint density at radius 3 is 2.58 bits per heavy atom. The van der Waals surface area contributed by atoms with E-state index in [1.807, 2.05) is 37.3 Å². The summed E-state index contributed by atoms with van der Waals surface area (Å²) in [7, 11) is 0. The summed E-state index contributed by atoms with van der Waals surface area (Å²) in [6.07, 6.45) is -0.216. The van der Waals surface area contributed by atoms with Crippen LogP contribution in [0.3, 0.4) is 0 Å². The molecule has 1 aliphatic rings. The van der Waals surface area contributed by atoms with E-state index in [-0.39, 0.29) is 18.6 Å². The van der Waals surface area contributed by atoms with Crippen molar-refractivity contribution in [3.05, 3.63) is 35.9 Å². The first-order valence-corrected chi connectivity index (χ1v) is 8.15. The van der Waals surface area contributed by atoms with Gasteiger partial charge in [-0.3, -0.25) is 9.59 Å². The summed E-state index contributed by atoms with van der Waals surface area (Å²) < 4.78 is 10.2. The molecule has 0 aromatic heterocycles. The molecule has 0 spiro atoms. The van der Waals surface area contributed by atoms with Crippen LogP contribution in [-0.2, 0) is 25.5 Å². The number of carbonyl (C=O) groups is 3. The van der Waals surface area contributed by atoms with Crippen molar-refractivity contribution in [2.45, 2.75) is 45.8 Å². The van der Waals surface area contributed by atoms with Crippen LogP contribution in [0.4, 0.5) is 4.79 Å². The van der Waals surface area contributed by atoms with E-state index in [2.05, 4.69) is 0 Å². The number of amides is 2. The van der Waals surface area contributed by atoms with Crippen molar-refractivity contribution >= 4 is 18.0 Å². The molecule has 130 valence electrons.